The van der Waals surface area contributed by atoms with Crippen LogP contribution in [0.3, 0.4) is 0 Å². The first kappa shape index (κ1) is 18.0. The number of sulfonamides is 1. The van der Waals surface area contributed by atoms with Crippen LogP contribution in [0.5, 0.6) is 0 Å². The maximum Gasteiger partial charge on any atom is 0.273 e. The van der Waals surface area contributed by atoms with E-state index >= 15 is 0 Å². The van der Waals surface area contributed by atoms with Gasteiger partial charge in [-0.15, -0.1) is 0 Å². The second kappa shape index (κ2) is 7.22. The van der Waals surface area contributed by atoms with Gasteiger partial charge in [-0.3, -0.25) is 10.1 Å². The van der Waals surface area contributed by atoms with Crippen LogP contribution in [0.25, 0.3) is 11.0 Å². The fourth-order valence-electron chi connectivity index (χ4n) is 2.68. The zero-order valence-corrected chi connectivity index (χ0v) is 14.9. The smallest absolute Gasteiger partial charge is 0.273 e. The number of nitro groups is 1. The standard InChI is InChI=1S/C17H18N4O4S/c1-13-7-8-14(11-17(13)21(22)23)26(24,25)19-9-4-10-20-12-18-15-5-2-3-6-16(15)20/h2-3,5-8,11-12,19H,4,9-10H2,1H3. The Bertz CT molecular complexity index is 1060. The van der Waals surface area contributed by atoms with E-state index in [2.05, 4.69) is 9.71 Å². The Morgan fingerprint density at radius 3 is 2.77 bits per heavy atom. The summed E-state index contributed by atoms with van der Waals surface area (Å²) in [6, 6.07) is 11.6. The molecule has 0 amide bonds. The predicted molar refractivity (Wildman–Crippen MR) is 97.4 cm³/mol. The van der Waals surface area contributed by atoms with Crippen molar-refractivity contribution in [1.29, 1.82) is 0 Å². The minimum Gasteiger partial charge on any atom is -0.331 e. The third kappa shape index (κ3) is 3.73. The van der Waals surface area contributed by atoms with Gasteiger partial charge in [0, 0.05) is 24.7 Å². The van der Waals surface area contributed by atoms with Crippen LogP contribution in [0.1, 0.15) is 12.0 Å². The Morgan fingerprint density at radius 1 is 1.23 bits per heavy atom. The minimum absolute atomic E-state index is 0.108. The molecule has 8 nitrogen and oxygen atoms in total. The first-order valence-electron chi connectivity index (χ1n) is 8.03. The lowest BCUT2D eigenvalue weighted by atomic mass is 10.2. The molecule has 0 radical (unpaired) electrons. The molecule has 0 aliphatic rings. The summed E-state index contributed by atoms with van der Waals surface area (Å²) in [4.78, 5) is 14.6. The molecular weight excluding hydrogens is 356 g/mol. The van der Waals surface area contributed by atoms with Crippen LogP contribution in [-0.4, -0.2) is 29.4 Å². The van der Waals surface area contributed by atoms with E-state index in [4.69, 9.17) is 0 Å². The van der Waals surface area contributed by atoms with E-state index in [0.717, 1.165) is 17.1 Å². The number of imidazole rings is 1. The molecule has 1 N–H and O–H groups in total. The molecule has 0 unspecified atom stereocenters. The molecule has 2 aromatic carbocycles. The van der Waals surface area contributed by atoms with Gasteiger partial charge in [0.15, 0.2) is 0 Å². The molecule has 26 heavy (non-hydrogen) atoms. The number of hydrogen-bond donors (Lipinski definition) is 1. The van der Waals surface area contributed by atoms with Crippen molar-refractivity contribution in [2.45, 2.75) is 24.8 Å². The molecule has 0 aliphatic heterocycles. The SMILES string of the molecule is Cc1ccc(S(=O)(=O)NCCCn2cnc3ccccc32)cc1[N+](=O)[O-]. The van der Waals surface area contributed by atoms with E-state index in [1.807, 2.05) is 28.8 Å². The first-order chi connectivity index (χ1) is 12.4. The quantitative estimate of drug-likeness (QED) is 0.389. The van der Waals surface area contributed by atoms with Crippen molar-refractivity contribution in [1.82, 2.24) is 14.3 Å². The fraction of sp³-hybridized carbons (Fsp3) is 0.235. The van der Waals surface area contributed by atoms with Crippen molar-refractivity contribution in [3.63, 3.8) is 0 Å². The normalized spacial score (nSPS) is 11.7. The summed E-state index contributed by atoms with van der Waals surface area (Å²) < 4.78 is 29.1. The summed E-state index contributed by atoms with van der Waals surface area (Å²) in [6.45, 7) is 2.39. The van der Waals surface area contributed by atoms with Crippen molar-refractivity contribution >= 4 is 26.7 Å². The van der Waals surface area contributed by atoms with E-state index < -0.39 is 14.9 Å². The highest BCUT2D eigenvalue weighted by atomic mass is 32.2. The number of hydrogen-bond acceptors (Lipinski definition) is 5. The van der Waals surface area contributed by atoms with Gasteiger partial charge in [0.2, 0.25) is 10.0 Å². The summed E-state index contributed by atoms with van der Waals surface area (Å²) in [5.41, 5.74) is 2.09. The van der Waals surface area contributed by atoms with Gasteiger partial charge in [0.25, 0.3) is 5.69 Å². The molecule has 3 aromatic rings. The number of rotatable bonds is 7. The topological polar surface area (TPSA) is 107 Å². The lowest BCUT2D eigenvalue weighted by Crippen LogP contribution is -2.25. The van der Waals surface area contributed by atoms with E-state index in [1.165, 1.54) is 12.1 Å². The number of aromatic nitrogens is 2. The van der Waals surface area contributed by atoms with Crippen molar-refractivity contribution in [2.75, 3.05) is 6.54 Å². The summed E-state index contributed by atoms with van der Waals surface area (Å²) >= 11 is 0. The average Bonchev–Trinajstić information content (AvgIpc) is 3.02. The summed E-state index contributed by atoms with van der Waals surface area (Å²) in [5, 5.41) is 11.0. The Kier molecular flexibility index (Phi) is 5.01. The van der Waals surface area contributed by atoms with E-state index in [1.54, 1.807) is 13.3 Å². The molecule has 3 rings (SSSR count). The fourth-order valence-corrected chi connectivity index (χ4v) is 3.77. The lowest BCUT2D eigenvalue weighted by Gasteiger charge is -2.08. The van der Waals surface area contributed by atoms with E-state index in [-0.39, 0.29) is 17.1 Å². The van der Waals surface area contributed by atoms with Gasteiger partial charge < -0.3 is 4.57 Å². The molecule has 0 fully saturated rings. The highest BCUT2D eigenvalue weighted by molar-refractivity contribution is 7.89. The third-order valence-electron chi connectivity index (χ3n) is 4.08. The highest BCUT2D eigenvalue weighted by Gasteiger charge is 2.19. The second-order valence-electron chi connectivity index (χ2n) is 5.88. The zero-order chi connectivity index (χ0) is 18.7. The van der Waals surface area contributed by atoms with Crippen LogP contribution >= 0.6 is 0 Å². The number of nitrogens with zero attached hydrogens (tertiary/aromatic N) is 3. The monoisotopic (exact) mass is 374 g/mol. The van der Waals surface area contributed by atoms with Gasteiger partial charge in [0.1, 0.15) is 0 Å². The maximum atomic E-state index is 12.3. The second-order valence-corrected chi connectivity index (χ2v) is 7.65. The van der Waals surface area contributed by atoms with Gasteiger partial charge >= 0.3 is 0 Å². The zero-order valence-electron chi connectivity index (χ0n) is 14.1. The Hall–Kier alpha value is -2.78. The van der Waals surface area contributed by atoms with Crippen LogP contribution < -0.4 is 4.72 Å². The van der Waals surface area contributed by atoms with Crippen LogP contribution in [0.2, 0.25) is 0 Å². The van der Waals surface area contributed by atoms with Crippen LogP contribution in [0, 0.1) is 17.0 Å². The van der Waals surface area contributed by atoms with Gasteiger partial charge in [-0.05, 0) is 31.5 Å². The third-order valence-corrected chi connectivity index (χ3v) is 5.54. The van der Waals surface area contributed by atoms with Gasteiger partial charge in [0.05, 0.1) is 27.2 Å². The molecule has 0 atom stereocenters. The molecule has 1 aromatic heterocycles. The number of fused-ring (bicyclic) bond motifs is 1. The number of para-hydroxylation sites is 2. The molecule has 0 bridgehead atoms. The summed E-state index contributed by atoms with van der Waals surface area (Å²) in [6.07, 6.45) is 2.29. The van der Waals surface area contributed by atoms with Crippen LogP contribution in [-0.2, 0) is 16.6 Å². The number of aryl methyl sites for hydroxylation is 2. The van der Waals surface area contributed by atoms with E-state index in [9.17, 15) is 18.5 Å². The van der Waals surface area contributed by atoms with Crippen molar-refractivity contribution in [2.24, 2.45) is 0 Å². The van der Waals surface area contributed by atoms with Gasteiger partial charge in [-0.2, -0.15) is 0 Å². The molecule has 9 heteroatoms. The highest BCUT2D eigenvalue weighted by Crippen LogP contribution is 2.22. The van der Waals surface area contributed by atoms with Crippen molar-refractivity contribution in [3.8, 4) is 0 Å². The molecule has 0 saturated heterocycles. The molecule has 0 spiro atoms. The number of benzene rings is 2. The summed E-state index contributed by atoms with van der Waals surface area (Å²) in [5.74, 6) is 0. The first-order valence-corrected chi connectivity index (χ1v) is 9.51. The van der Waals surface area contributed by atoms with Crippen LogP contribution in [0.15, 0.2) is 53.7 Å². The number of nitrogens with one attached hydrogen (secondary N) is 1. The average molecular weight is 374 g/mol. The Labute approximate surface area is 150 Å². The van der Waals surface area contributed by atoms with Crippen molar-refractivity contribution < 1.29 is 13.3 Å². The lowest BCUT2D eigenvalue weighted by molar-refractivity contribution is -0.385. The minimum atomic E-state index is -3.80. The summed E-state index contributed by atoms with van der Waals surface area (Å²) in [7, 11) is -3.80. The Morgan fingerprint density at radius 2 is 2.00 bits per heavy atom. The Balaban J connectivity index is 1.64. The molecule has 1 heterocycles. The van der Waals surface area contributed by atoms with E-state index in [0.29, 0.717) is 18.5 Å². The van der Waals surface area contributed by atoms with Crippen molar-refractivity contribution in [3.05, 3.63) is 64.5 Å². The van der Waals surface area contributed by atoms with Gasteiger partial charge in [-0.1, -0.05) is 18.2 Å². The number of nitro benzene ring substituents is 1. The van der Waals surface area contributed by atoms with Gasteiger partial charge in [-0.25, -0.2) is 18.1 Å². The molecule has 0 saturated carbocycles. The largest absolute Gasteiger partial charge is 0.331 e. The predicted octanol–water partition coefficient (Wildman–Crippen LogP) is 2.62. The van der Waals surface area contributed by atoms with Crippen LogP contribution in [0.4, 0.5) is 5.69 Å². The molecular formula is C17H18N4O4S. The molecule has 136 valence electrons. The molecule has 0 aliphatic carbocycles. The maximum absolute atomic E-state index is 12.3.